The van der Waals surface area contributed by atoms with Gasteiger partial charge >= 0.3 is 6.18 Å². The summed E-state index contributed by atoms with van der Waals surface area (Å²) < 4.78 is 77.3. The number of aryl methyl sites for hydroxylation is 1. The molecule has 9 nitrogen and oxygen atoms in total. The number of hydrogen-bond acceptors (Lipinski definition) is 9. The van der Waals surface area contributed by atoms with Crippen LogP contribution in [-0.4, -0.2) is 83.1 Å². The van der Waals surface area contributed by atoms with Gasteiger partial charge < -0.3 is 15.4 Å². The van der Waals surface area contributed by atoms with Crippen LogP contribution in [0.4, 0.5) is 32.6 Å². The highest BCUT2D eigenvalue weighted by Crippen LogP contribution is 2.33. The first-order valence-corrected chi connectivity index (χ1v) is 13.6. The van der Waals surface area contributed by atoms with E-state index in [1.54, 1.807) is 11.8 Å². The number of anilines is 2. The van der Waals surface area contributed by atoms with Gasteiger partial charge in [0.1, 0.15) is 10.8 Å². The molecule has 1 amide bonds. The number of aromatic nitrogens is 2. The van der Waals surface area contributed by atoms with Gasteiger partial charge in [0, 0.05) is 6.07 Å². The van der Waals surface area contributed by atoms with Gasteiger partial charge in [0.25, 0.3) is 11.8 Å². The van der Waals surface area contributed by atoms with Gasteiger partial charge in [-0.05, 0) is 50.5 Å². The van der Waals surface area contributed by atoms with Gasteiger partial charge in [-0.3, -0.25) is 19.7 Å². The number of pyridine rings is 1. The van der Waals surface area contributed by atoms with Crippen LogP contribution >= 0.6 is 11.5 Å². The summed E-state index contributed by atoms with van der Waals surface area (Å²) in [6.07, 6.45) is 0.0148. The fourth-order valence-corrected chi connectivity index (χ4v) is 5.09. The number of aliphatic imine (C=N–C) groups is 2. The summed E-state index contributed by atoms with van der Waals surface area (Å²) in [5.41, 5.74) is 0.918. The minimum absolute atomic E-state index is 0.0820. The molecule has 0 radical (unpaired) electrons. The molecule has 1 fully saturated rings. The number of amidine groups is 1. The van der Waals surface area contributed by atoms with E-state index >= 15 is 0 Å². The molecular weight excluding hydrogens is 557 g/mol. The second kappa shape index (κ2) is 12.5. The molecule has 0 saturated carbocycles. The smallest absolute Gasteiger partial charge is 0.412 e. The minimum atomic E-state index is -4.48. The number of nitrogens with one attached hydrogen (secondary N) is 2. The van der Waals surface area contributed by atoms with E-state index in [0.29, 0.717) is 35.9 Å². The van der Waals surface area contributed by atoms with Crippen LogP contribution in [0.1, 0.15) is 42.2 Å². The van der Waals surface area contributed by atoms with Gasteiger partial charge in [0.15, 0.2) is 6.04 Å². The van der Waals surface area contributed by atoms with Crippen LogP contribution in [0.25, 0.3) is 0 Å². The lowest BCUT2D eigenvalue weighted by Gasteiger charge is -2.38. The topological polar surface area (TPSA) is 104 Å². The van der Waals surface area contributed by atoms with Crippen molar-refractivity contribution < 1.29 is 31.5 Å². The number of nitrogens with zero attached hydrogens (tertiary/aromatic N) is 5. The highest BCUT2D eigenvalue weighted by Gasteiger charge is 2.44. The van der Waals surface area contributed by atoms with Crippen molar-refractivity contribution in [1.82, 2.24) is 14.3 Å². The molecule has 0 bridgehead atoms. The second-order valence-electron chi connectivity index (χ2n) is 9.69. The van der Waals surface area contributed by atoms with Crippen LogP contribution in [0.15, 0.2) is 28.3 Å². The van der Waals surface area contributed by atoms with Gasteiger partial charge in [0.2, 0.25) is 5.88 Å². The van der Waals surface area contributed by atoms with Crippen LogP contribution in [-0.2, 0) is 0 Å². The lowest BCUT2D eigenvalue weighted by atomic mass is 9.93. The molecule has 40 heavy (non-hydrogen) atoms. The molecule has 0 aromatic carbocycles. The highest BCUT2D eigenvalue weighted by atomic mass is 32.1. The van der Waals surface area contributed by atoms with Crippen molar-refractivity contribution in [2.45, 2.75) is 51.3 Å². The Kier molecular flexibility index (Phi) is 9.33. The van der Waals surface area contributed by atoms with Gasteiger partial charge in [-0.2, -0.15) is 17.5 Å². The Morgan fingerprint density at radius 3 is 2.73 bits per heavy atom. The molecule has 4 heterocycles. The van der Waals surface area contributed by atoms with E-state index in [4.69, 9.17) is 4.74 Å². The number of carbonyl (C=O) groups excluding carboxylic acids is 1. The monoisotopic (exact) mass is 587 g/mol. The lowest BCUT2D eigenvalue weighted by Crippen LogP contribution is -2.50. The highest BCUT2D eigenvalue weighted by molar-refractivity contribution is 7.11. The molecule has 218 valence electrons. The second-order valence-corrected chi connectivity index (χ2v) is 10.5. The van der Waals surface area contributed by atoms with Crippen molar-refractivity contribution in [3.63, 3.8) is 0 Å². The number of alkyl halides is 5. The fourth-order valence-electron chi connectivity index (χ4n) is 4.28. The van der Waals surface area contributed by atoms with Gasteiger partial charge in [-0.1, -0.05) is 13.3 Å². The molecule has 2 atom stereocenters. The third-order valence-electron chi connectivity index (χ3n) is 6.60. The maximum Gasteiger partial charge on any atom is 0.412 e. The van der Waals surface area contributed by atoms with E-state index in [2.05, 4.69) is 30.0 Å². The lowest BCUT2D eigenvalue weighted by molar-refractivity contribution is -0.144. The molecule has 0 aliphatic carbocycles. The fraction of sp³-hybridized carbons (Fsp3) is 0.560. The number of rotatable bonds is 9. The third-order valence-corrected chi connectivity index (χ3v) is 7.45. The first-order chi connectivity index (χ1) is 19.0. The Labute approximate surface area is 232 Å². The molecule has 2 N–H and O–H groups in total. The normalized spacial score (nSPS) is 21.1. The average Bonchev–Trinajstić information content (AvgIpc) is 3.26. The molecular formula is C25H30F5N7O2S. The number of amides is 1. The van der Waals surface area contributed by atoms with Crippen LogP contribution in [0.5, 0.6) is 5.88 Å². The average molecular weight is 588 g/mol. The summed E-state index contributed by atoms with van der Waals surface area (Å²) >= 11 is 0.955. The van der Waals surface area contributed by atoms with E-state index in [1.807, 2.05) is 6.92 Å². The maximum atomic E-state index is 14.6. The quantitative estimate of drug-likeness (QED) is 0.398. The summed E-state index contributed by atoms with van der Waals surface area (Å²) in [6, 6.07) is 1.11. The number of unbranched alkanes of at least 4 members (excludes halogenated alkanes) is 1. The standard InChI is InChI=1S/C25H30F5N7O2S/c1-3-4-8-37-9-7-16(24(26,27)14-37)13-39-20-6-5-17(10-33-20)34-22(38)21-15(2)36-40-23(21)35-19-12-31-18(11-32-19)25(28,29)30/h5-6,10,12,16,18H,3-4,7-9,11,13-14H2,1-2H3,(H,32,35)(H,34,38). The Bertz CT molecular complexity index is 1230. The number of halogens is 5. The number of likely N-dealkylation sites (tertiary alicyclic amines) is 1. The zero-order valence-corrected chi connectivity index (χ0v) is 22.8. The van der Waals surface area contributed by atoms with E-state index in [1.165, 1.54) is 18.3 Å². The Hall–Kier alpha value is -3.20. The zero-order valence-electron chi connectivity index (χ0n) is 22.0. The van der Waals surface area contributed by atoms with Crippen molar-refractivity contribution in [2.24, 2.45) is 15.9 Å². The van der Waals surface area contributed by atoms with E-state index in [-0.39, 0.29) is 30.4 Å². The summed E-state index contributed by atoms with van der Waals surface area (Å²) in [4.78, 5) is 26.2. The molecule has 0 spiro atoms. The SMILES string of the molecule is CCCCN1CCC(COc2ccc(NC(=O)c3c(C)nsc3NC3=NCC(C(F)(F)F)N=C3)cn2)C(F)(F)C1. The number of hydrogen-bond donors (Lipinski definition) is 2. The predicted molar refractivity (Wildman–Crippen MR) is 143 cm³/mol. The largest absolute Gasteiger partial charge is 0.477 e. The van der Waals surface area contributed by atoms with E-state index in [0.717, 1.165) is 30.6 Å². The van der Waals surface area contributed by atoms with Crippen LogP contribution in [0.2, 0.25) is 0 Å². The summed E-state index contributed by atoms with van der Waals surface area (Å²) in [7, 11) is 0. The van der Waals surface area contributed by atoms with Crippen LogP contribution < -0.4 is 15.4 Å². The van der Waals surface area contributed by atoms with Crippen LogP contribution in [0, 0.1) is 12.8 Å². The Morgan fingerprint density at radius 2 is 2.10 bits per heavy atom. The number of ether oxygens (including phenoxy) is 1. The molecule has 15 heteroatoms. The first-order valence-electron chi connectivity index (χ1n) is 12.8. The molecule has 2 aliphatic heterocycles. The summed E-state index contributed by atoms with van der Waals surface area (Å²) in [5.74, 6) is -4.05. The van der Waals surface area contributed by atoms with Crippen molar-refractivity contribution in [3.8, 4) is 5.88 Å². The van der Waals surface area contributed by atoms with E-state index in [9.17, 15) is 26.7 Å². The molecule has 2 aliphatic rings. The number of piperidine rings is 1. The van der Waals surface area contributed by atoms with Gasteiger partial charge in [-0.15, -0.1) is 0 Å². The van der Waals surface area contributed by atoms with Crippen molar-refractivity contribution in [3.05, 3.63) is 29.6 Å². The van der Waals surface area contributed by atoms with Crippen molar-refractivity contribution in [1.29, 1.82) is 0 Å². The number of carbonyl (C=O) groups is 1. The third kappa shape index (κ3) is 7.50. The summed E-state index contributed by atoms with van der Waals surface area (Å²) in [6.45, 7) is 3.91. The molecule has 2 aromatic rings. The van der Waals surface area contributed by atoms with E-state index < -0.39 is 36.5 Å². The van der Waals surface area contributed by atoms with Crippen molar-refractivity contribution in [2.75, 3.05) is 43.4 Å². The zero-order chi connectivity index (χ0) is 28.9. The molecule has 2 unspecified atom stereocenters. The van der Waals surface area contributed by atoms with Gasteiger partial charge in [-0.25, -0.2) is 13.8 Å². The minimum Gasteiger partial charge on any atom is -0.477 e. The molecule has 4 rings (SSSR count). The van der Waals surface area contributed by atoms with Crippen molar-refractivity contribution >= 4 is 40.2 Å². The molecule has 1 saturated heterocycles. The van der Waals surface area contributed by atoms with Gasteiger partial charge in [0.05, 0.1) is 55.0 Å². The summed E-state index contributed by atoms with van der Waals surface area (Å²) in [5, 5.41) is 5.78. The Balaban J connectivity index is 1.31. The first kappa shape index (κ1) is 29.8. The maximum absolute atomic E-state index is 14.6. The predicted octanol–water partition coefficient (Wildman–Crippen LogP) is 5.06. The Morgan fingerprint density at radius 1 is 1.30 bits per heavy atom. The molecule has 2 aromatic heterocycles. The van der Waals surface area contributed by atoms with Crippen LogP contribution in [0.3, 0.4) is 0 Å².